The number of ether oxygens (including phenoxy) is 1. The lowest BCUT2D eigenvalue weighted by molar-refractivity contribution is -0.152. The Hall–Kier alpha value is -2.03. The van der Waals surface area contributed by atoms with Gasteiger partial charge in [0.15, 0.2) is 5.82 Å². The number of nitrogens with zero attached hydrogens (tertiary/aromatic N) is 1. The van der Waals surface area contributed by atoms with E-state index in [0.717, 1.165) is 19.3 Å². The summed E-state index contributed by atoms with van der Waals surface area (Å²) < 4.78 is 9.78. The van der Waals surface area contributed by atoms with E-state index in [9.17, 15) is 14.4 Å². The molecule has 1 heterocycles. The molecule has 2 rings (SSSR count). The Labute approximate surface area is 156 Å². The van der Waals surface area contributed by atoms with Gasteiger partial charge in [-0.2, -0.15) is 0 Å². The van der Waals surface area contributed by atoms with Crippen molar-refractivity contribution in [1.82, 2.24) is 10.5 Å². The second kappa shape index (κ2) is 9.07. The summed E-state index contributed by atoms with van der Waals surface area (Å²) in [5.74, 6) is 0.0702. The number of amides is 2. The molecule has 1 aliphatic rings. The van der Waals surface area contributed by atoms with Gasteiger partial charge >= 0.3 is 5.97 Å². The maximum Gasteiger partial charge on any atom is 0.331 e. The molecule has 0 unspecified atom stereocenters. The zero-order valence-corrected chi connectivity index (χ0v) is 16.1. The van der Waals surface area contributed by atoms with E-state index in [2.05, 4.69) is 15.8 Å². The van der Waals surface area contributed by atoms with Crippen molar-refractivity contribution in [1.29, 1.82) is 0 Å². The number of carbonyl (C=O) groups is 3. The first-order chi connectivity index (χ1) is 12.4. The fourth-order valence-electron chi connectivity index (χ4n) is 2.96. The minimum atomic E-state index is -0.936. The molecule has 1 aromatic heterocycles. The monoisotopic (exact) mass is 383 g/mol. The van der Waals surface area contributed by atoms with E-state index in [1.807, 2.05) is 0 Å². The minimum Gasteiger partial charge on any atom is -0.467 e. The number of thioether (sulfide) groups is 1. The van der Waals surface area contributed by atoms with Gasteiger partial charge in [-0.1, -0.05) is 24.4 Å². The highest BCUT2D eigenvalue weighted by Gasteiger charge is 2.41. The summed E-state index contributed by atoms with van der Waals surface area (Å²) in [6.45, 7) is 3.44. The van der Waals surface area contributed by atoms with Crippen molar-refractivity contribution in [3.8, 4) is 0 Å². The highest BCUT2D eigenvalue weighted by Crippen LogP contribution is 2.29. The van der Waals surface area contributed by atoms with Crippen LogP contribution >= 0.6 is 11.8 Å². The first-order valence-corrected chi connectivity index (χ1v) is 9.66. The number of methoxy groups -OCH3 is 1. The molecule has 1 aromatic rings. The molecule has 0 spiro atoms. The molecule has 1 saturated carbocycles. The molecule has 1 aliphatic carbocycles. The van der Waals surface area contributed by atoms with E-state index in [-0.39, 0.29) is 17.6 Å². The van der Waals surface area contributed by atoms with Crippen molar-refractivity contribution in [2.24, 2.45) is 0 Å². The first kappa shape index (κ1) is 20.3. The average Bonchev–Trinajstić information content (AvgIpc) is 3.04. The number of rotatable bonds is 7. The van der Waals surface area contributed by atoms with Crippen LogP contribution in [0.4, 0.5) is 5.82 Å². The van der Waals surface area contributed by atoms with E-state index >= 15 is 0 Å². The summed E-state index contributed by atoms with van der Waals surface area (Å²) in [7, 11) is 1.33. The molecule has 0 aromatic carbocycles. The second-order valence-electron chi connectivity index (χ2n) is 6.45. The van der Waals surface area contributed by atoms with Crippen molar-refractivity contribution >= 4 is 35.4 Å². The summed E-state index contributed by atoms with van der Waals surface area (Å²) in [6, 6.07) is 1.62. The zero-order chi connectivity index (χ0) is 19.2. The molecule has 1 fully saturated rings. The lowest BCUT2D eigenvalue weighted by Gasteiger charge is -2.35. The molecule has 2 N–H and O–H groups in total. The van der Waals surface area contributed by atoms with E-state index in [0.29, 0.717) is 24.4 Å². The van der Waals surface area contributed by atoms with E-state index in [4.69, 9.17) is 9.26 Å². The van der Waals surface area contributed by atoms with Gasteiger partial charge in [0.2, 0.25) is 11.8 Å². The number of anilines is 1. The number of hydrogen-bond donors (Lipinski definition) is 2. The fraction of sp³-hybridized carbons (Fsp3) is 0.647. The summed E-state index contributed by atoms with van der Waals surface area (Å²) >= 11 is 1.19. The molecule has 9 heteroatoms. The summed E-state index contributed by atoms with van der Waals surface area (Å²) in [5.41, 5.74) is -0.936. The van der Waals surface area contributed by atoms with Gasteiger partial charge in [-0.15, -0.1) is 11.8 Å². The smallest absolute Gasteiger partial charge is 0.331 e. The van der Waals surface area contributed by atoms with Gasteiger partial charge in [0, 0.05) is 6.07 Å². The van der Waals surface area contributed by atoms with Gasteiger partial charge in [-0.25, -0.2) is 4.79 Å². The topological polar surface area (TPSA) is 111 Å². The molecule has 144 valence electrons. The lowest BCUT2D eigenvalue weighted by Crippen LogP contribution is -2.56. The van der Waals surface area contributed by atoms with Crippen molar-refractivity contribution in [3.05, 3.63) is 11.8 Å². The van der Waals surface area contributed by atoms with Gasteiger partial charge in [-0.3, -0.25) is 9.59 Å². The predicted octanol–water partition coefficient (Wildman–Crippen LogP) is 2.04. The molecule has 8 nitrogen and oxygen atoms in total. The number of aryl methyl sites for hydroxylation is 1. The maximum atomic E-state index is 12.3. The Balaban J connectivity index is 1.84. The number of aromatic nitrogens is 1. The van der Waals surface area contributed by atoms with Crippen LogP contribution < -0.4 is 10.6 Å². The predicted molar refractivity (Wildman–Crippen MR) is 97.8 cm³/mol. The minimum absolute atomic E-state index is 0.0746. The fourth-order valence-corrected chi connectivity index (χ4v) is 3.65. The average molecular weight is 383 g/mol. The second-order valence-corrected chi connectivity index (χ2v) is 7.78. The van der Waals surface area contributed by atoms with Gasteiger partial charge < -0.3 is 19.9 Å². The Morgan fingerprint density at radius 2 is 2.04 bits per heavy atom. The van der Waals surface area contributed by atoms with Gasteiger partial charge in [0.1, 0.15) is 11.3 Å². The molecule has 0 saturated heterocycles. The van der Waals surface area contributed by atoms with Crippen LogP contribution in [0.1, 0.15) is 44.8 Å². The molecule has 0 aliphatic heterocycles. The van der Waals surface area contributed by atoms with Crippen molar-refractivity contribution in [3.63, 3.8) is 0 Å². The van der Waals surface area contributed by atoms with Crippen molar-refractivity contribution in [2.45, 2.75) is 56.7 Å². The largest absolute Gasteiger partial charge is 0.467 e. The van der Waals surface area contributed by atoms with Crippen LogP contribution in [0.15, 0.2) is 10.6 Å². The van der Waals surface area contributed by atoms with Crippen LogP contribution in [0.2, 0.25) is 0 Å². The highest BCUT2D eigenvalue weighted by molar-refractivity contribution is 8.01. The van der Waals surface area contributed by atoms with Crippen molar-refractivity contribution in [2.75, 3.05) is 18.2 Å². The third kappa shape index (κ3) is 5.23. The van der Waals surface area contributed by atoms with Gasteiger partial charge in [0.05, 0.1) is 18.1 Å². The molecular formula is C17H25N3O5S. The van der Waals surface area contributed by atoms with Crippen LogP contribution in [-0.4, -0.2) is 46.6 Å². The lowest BCUT2D eigenvalue weighted by atomic mass is 9.81. The van der Waals surface area contributed by atoms with Crippen LogP contribution in [0.25, 0.3) is 0 Å². The van der Waals surface area contributed by atoms with Crippen LogP contribution in [0.3, 0.4) is 0 Å². The van der Waals surface area contributed by atoms with E-state index in [1.165, 1.54) is 18.9 Å². The number of esters is 1. The highest BCUT2D eigenvalue weighted by atomic mass is 32.2. The van der Waals surface area contributed by atoms with Crippen LogP contribution in [0, 0.1) is 6.92 Å². The van der Waals surface area contributed by atoms with E-state index in [1.54, 1.807) is 19.9 Å². The standard InChI is InChI=1S/C17H25N3O5S/c1-11-9-13(20-25-11)18-15(22)12(2)26-10-14(21)19-17(16(23)24-3)7-5-4-6-8-17/h9,12H,4-8,10H2,1-3H3,(H,19,21)(H,18,20,22)/t12-/m0/s1. The molecule has 1 atom stereocenters. The van der Waals surface area contributed by atoms with Gasteiger partial charge in [-0.05, 0) is 26.7 Å². The summed E-state index contributed by atoms with van der Waals surface area (Å²) in [5, 5.41) is 8.71. The third-order valence-electron chi connectivity index (χ3n) is 4.37. The molecular weight excluding hydrogens is 358 g/mol. The number of hydrogen-bond acceptors (Lipinski definition) is 7. The van der Waals surface area contributed by atoms with E-state index < -0.39 is 16.8 Å². The quantitative estimate of drug-likeness (QED) is 0.693. The maximum absolute atomic E-state index is 12.3. The van der Waals surface area contributed by atoms with Crippen molar-refractivity contribution < 1.29 is 23.6 Å². The number of carbonyl (C=O) groups excluding carboxylic acids is 3. The first-order valence-electron chi connectivity index (χ1n) is 8.61. The Morgan fingerprint density at radius 3 is 2.62 bits per heavy atom. The Bertz CT molecular complexity index is 655. The Morgan fingerprint density at radius 1 is 1.35 bits per heavy atom. The molecule has 0 radical (unpaired) electrons. The number of nitrogens with one attached hydrogen (secondary N) is 2. The molecule has 0 bridgehead atoms. The molecule has 2 amide bonds. The third-order valence-corrected chi connectivity index (χ3v) is 5.52. The van der Waals surface area contributed by atoms with Gasteiger partial charge in [0.25, 0.3) is 0 Å². The van der Waals surface area contributed by atoms with Crippen LogP contribution in [0.5, 0.6) is 0 Å². The SMILES string of the molecule is COC(=O)C1(NC(=O)CS[C@@H](C)C(=O)Nc2cc(C)on2)CCCCC1. The summed E-state index contributed by atoms with van der Waals surface area (Å²) in [4.78, 5) is 36.6. The molecule has 26 heavy (non-hydrogen) atoms. The normalized spacial score (nSPS) is 17.2. The summed E-state index contributed by atoms with van der Waals surface area (Å²) in [6.07, 6.45) is 3.95. The zero-order valence-electron chi connectivity index (χ0n) is 15.3. The Kier molecular flexibility index (Phi) is 7.07. The van der Waals surface area contributed by atoms with Crippen LogP contribution in [-0.2, 0) is 19.1 Å².